The van der Waals surface area contributed by atoms with Crippen LogP contribution in [0.5, 0.6) is 0 Å². The van der Waals surface area contributed by atoms with E-state index in [0.29, 0.717) is 12.8 Å². The third-order valence-corrected chi connectivity index (χ3v) is 2.43. The fraction of sp³-hybridized carbons (Fsp3) is 0.857. The van der Waals surface area contributed by atoms with Crippen molar-refractivity contribution in [3.63, 3.8) is 0 Å². The quantitative estimate of drug-likeness (QED) is 0.527. The van der Waals surface area contributed by atoms with Gasteiger partial charge in [-0.25, -0.2) is 0 Å². The first-order chi connectivity index (χ1) is 4.70. The lowest BCUT2D eigenvalue weighted by atomic mass is 9.89. The third-order valence-electron chi connectivity index (χ3n) is 1.99. The third kappa shape index (κ3) is 1.87. The van der Waals surface area contributed by atoms with Crippen LogP contribution < -0.4 is 5.11 Å². The fourth-order valence-corrected chi connectivity index (χ4v) is 1.54. The molecule has 10 heavy (non-hydrogen) atoms. The first kappa shape index (κ1) is 7.86. The van der Waals surface area contributed by atoms with Crippen molar-refractivity contribution >= 4 is 17.6 Å². The van der Waals surface area contributed by atoms with Crippen LogP contribution in [0.3, 0.4) is 0 Å². The van der Waals surface area contributed by atoms with E-state index < -0.39 is 5.97 Å². The van der Waals surface area contributed by atoms with E-state index in [1.807, 2.05) is 0 Å². The molecule has 1 rings (SSSR count). The normalized spacial score (nSPS) is 33.7. The number of halogens is 1. The van der Waals surface area contributed by atoms with Gasteiger partial charge in [-0.3, -0.25) is 0 Å². The first-order valence-electron chi connectivity index (χ1n) is 3.55. The molecular weight excluding hydrogens is 152 g/mol. The molecule has 0 atom stereocenters. The van der Waals surface area contributed by atoms with Gasteiger partial charge in [0.15, 0.2) is 0 Å². The lowest BCUT2D eigenvalue weighted by molar-refractivity contribution is -0.312. The van der Waals surface area contributed by atoms with Crippen molar-refractivity contribution in [2.75, 3.05) is 0 Å². The molecule has 1 aliphatic rings. The maximum atomic E-state index is 10.3. The van der Waals surface area contributed by atoms with Crippen LogP contribution >= 0.6 is 11.6 Å². The van der Waals surface area contributed by atoms with Crippen LogP contribution in [0.2, 0.25) is 0 Å². The standard InChI is InChI=1S/C7H11ClO2/c8-6-3-1-5(2-4-6)7(9)10/h5-6H,1-4H2,(H,9,10)/p-1. The highest BCUT2D eigenvalue weighted by atomic mass is 35.5. The summed E-state index contributed by atoms with van der Waals surface area (Å²) in [6, 6.07) is 0. The molecule has 2 nitrogen and oxygen atoms in total. The minimum Gasteiger partial charge on any atom is -0.550 e. The summed E-state index contributed by atoms with van der Waals surface area (Å²) in [5.74, 6) is -1.15. The molecule has 0 bridgehead atoms. The summed E-state index contributed by atoms with van der Waals surface area (Å²) in [6.45, 7) is 0. The van der Waals surface area contributed by atoms with Crippen molar-refractivity contribution in [3.05, 3.63) is 0 Å². The molecule has 1 saturated carbocycles. The van der Waals surface area contributed by atoms with E-state index in [9.17, 15) is 9.90 Å². The van der Waals surface area contributed by atoms with Crippen LogP contribution in [0.4, 0.5) is 0 Å². The van der Waals surface area contributed by atoms with Crippen LogP contribution in [0.1, 0.15) is 25.7 Å². The van der Waals surface area contributed by atoms with Gasteiger partial charge in [0.25, 0.3) is 0 Å². The Labute approximate surface area is 65.2 Å². The Balaban J connectivity index is 2.33. The fourth-order valence-electron chi connectivity index (χ4n) is 1.29. The first-order valence-corrected chi connectivity index (χ1v) is 3.98. The predicted molar refractivity (Wildman–Crippen MR) is 36.6 cm³/mol. The highest BCUT2D eigenvalue weighted by Crippen LogP contribution is 2.26. The molecule has 0 saturated heterocycles. The summed E-state index contributed by atoms with van der Waals surface area (Å²) in [6.07, 6.45) is 3.02. The molecule has 58 valence electrons. The van der Waals surface area contributed by atoms with Gasteiger partial charge in [-0.05, 0) is 31.6 Å². The van der Waals surface area contributed by atoms with Crippen LogP contribution in [-0.2, 0) is 4.79 Å². The Morgan fingerprint density at radius 3 is 2.20 bits per heavy atom. The molecule has 0 spiro atoms. The second-order valence-electron chi connectivity index (χ2n) is 2.77. The number of carbonyl (C=O) groups excluding carboxylic acids is 1. The van der Waals surface area contributed by atoms with Crippen molar-refractivity contribution in [2.45, 2.75) is 31.1 Å². The smallest absolute Gasteiger partial charge is 0.0445 e. The largest absolute Gasteiger partial charge is 0.550 e. The zero-order valence-electron chi connectivity index (χ0n) is 5.68. The van der Waals surface area contributed by atoms with Gasteiger partial charge in [-0.1, -0.05) is 0 Å². The molecule has 3 heteroatoms. The van der Waals surface area contributed by atoms with E-state index >= 15 is 0 Å². The van der Waals surface area contributed by atoms with Gasteiger partial charge >= 0.3 is 0 Å². The highest BCUT2D eigenvalue weighted by Gasteiger charge is 2.19. The van der Waals surface area contributed by atoms with Gasteiger partial charge in [-0.2, -0.15) is 0 Å². The number of rotatable bonds is 1. The van der Waals surface area contributed by atoms with Gasteiger partial charge in [0.2, 0.25) is 0 Å². The summed E-state index contributed by atoms with van der Waals surface area (Å²) >= 11 is 5.77. The SMILES string of the molecule is O=C([O-])C1CCC(Cl)CC1. The molecule has 0 radical (unpaired) electrons. The van der Waals surface area contributed by atoms with Crippen LogP contribution in [-0.4, -0.2) is 11.3 Å². The summed E-state index contributed by atoms with van der Waals surface area (Å²) in [5.41, 5.74) is 0. The monoisotopic (exact) mass is 161 g/mol. The van der Waals surface area contributed by atoms with Crippen LogP contribution in [0, 0.1) is 5.92 Å². The van der Waals surface area contributed by atoms with Gasteiger partial charge in [0, 0.05) is 11.3 Å². The van der Waals surface area contributed by atoms with Crippen molar-refractivity contribution in [1.82, 2.24) is 0 Å². The lowest BCUT2D eigenvalue weighted by Crippen LogP contribution is -2.33. The molecule has 0 aromatic rings. The highest BCUT2D eigenvalue weighted by molar-refractivity contribution is 6.20. The summed E-state index contributed by atoms with van der Waals surface area (Å²) in [5, 5.41) is 10.5. The molecular formula is C7H10ClO2-. The Morgan fingerprint density at radius 2 is 1.80 bits per heavy atom. The molecule has 0 aromatic heterocycles. The molecule has 0 heterocycles. The number of carboxylic acid groups (broad SMARTS) is 1. The predicted octanol–water partition coefficient (Wildman–Crippen LogP) is 0.534. The average Bonchev–Trinajstić information content (AvgIpc) is 1.88. The Kier molecular flexibility index (Phi) is 2.55. The molecule has 0 amide bonds. The van der Waals surface area contributed by atoms with Crippen LogP contribution in [0.15, 0.2) is 0 Å². The van der Waals surface area contributed by atoms with Crippen molar-refractivity contribution in [3.8, 4) is 0 Å². The summed E-state index contributed by atoms with van der Waals surface area (Å²) in [4.78, 5) is 10.3. The lowest BCUT2D eigenvalue weighted by Gasteiger charge is -2.25. The Bertz CT molecular complexity index is 128. The molecule has 1 aliphatic carbocycles. The summed E-state index contributed by atoms with van der Waals surface area (Å²) < 4.78 is 0. The number of carboxylic acids is 1. The molecule has 0 aliphatic heterocycles. The van der Waals surface area contributed by atoms with E-state index in [-0.39, 0.29) is 11.3 Å². The van der Waals surface area contributed by atoms with E-state index in [1.54, 1.807) is 0 Å². The van der Waals surface area contributed by atoms with Gasteiger partial charge in [0.1, 0.15) is 0 Å². The zero-order valence-corrected chi connectivity index (χ0v) is 6.43. The summed E-state index contributed by atoms with van der Waals surface area (Å²) in [7, 11) is 0. The average molecular weight is 162 g/mol. The van der Waals surface area contributed by atoms with Gasteiger partial charge in [0.05, 0.1) is 0 Å². The van der Waals surface area contributed by atoms with Crippen molar-refractivity contribution < 1.29 is 9.90 Å². The second kappa shape index (κ2) is 3.24. The van der Waals surface area contributed by atoms with E-state index in [2.05, 4.69) is 0 Å². The van der Waals surface area contributed by atoms with E-state index in [1.165, 1.54) is 0 Å². The van der Waals surface area contributed by atoms with Gasteiger partial charge < -0.3 is 9.90 Å². The minimum atomic E-state index is -0.913. The maximum Gasteiger partial charge on any atom is 0.0445 e. The number of hydrogen-bond donors (Lipinski definition) is 0. The Hall–Kier alpha value is -0.240. The molecule has 0 aromatic carbocycles. The zero-order chi connectivity index (χ0) is 7.56. The number of aliphatic carboxylic acids is 1. The van der Waals surface area contributed by atoms with Gasteiger partial charge in [-0.15, -0.1) is 11.6 Å². The Morgan fingerprint density at radius 1 is 1.30 bits per heavy atom. The number of carbonyl (C=O) groups is 1. The number of alkyl halides is 1. The van der Waals surface area contributed by atoms with E-state index in [0.717, 1.165) is 12.8 Å². The molecule has 0 N–H and O–H groups in total. The minimum absolute atomic E-state index is 0.190. The maximum absolute atomic E-state index is 10.3. The topological polar surface area (TPSA) is 40.1 Å². The molecule has 0 unspecified atom stereocenters. The van der Waals surface area contributed by atoms with Crippen molar-refractivity contribution in [2.24, 2.45) is 5.92 Å². The van der Waals surface area contributed by atoms with Crippen molar-refractivity contribution in [1.29, 1.82) is 0 Å². The van der Waals surface area contributed by atoms with Crippen LogP contribution in [0.25, 0.3) is 0 Å². The molecule has 1 fully saturated rings. The van der Waals surface area contributed by atoms with E-state index in [4.69, 9.17) is 11.6 Å². The number of hydrogen-bond acceptors (Lipinski definition) is 2. The second-order valence-corrected chi connectivity index (χ2v) is 3.39.